The Morgan fingerprint density at radius 3 is 2.47 bits per heavy atom. The van der Waals surface area contributed by atoms with Gasteiger partial charge in [-0.1, -0.05) is 6.92 Å². The Labute approximate surface area is 99.3 Å². The summed E-state index contributed by atoms with van der Waals surface area (Å²) in [6, 6.07) is 0. The van der Waals surface area contributed by atoms with Gasteiger partial charge in [0, 0.05) is 20.1 Å². The van der Waals surface area contributed by atoms with Crippen LogP contribution in [0.2, 0.25) is 0 Å². The minimum atomic E-state index is -1.36. The molecule has 0 aromatic rings. The van der Waals surface area contributed by atoms with Gasteiger partial charge >= 0.3 is 0 Å². The Hall–Kier alpha value is -0.730. The van der Waals surface area contributed by atoms with Gasteiger partial charge in [0.15, 0.2) is 6.29 Å². The van der Waals surface area contributed by atoms with Crippen molar-refractivity contribution in [2.24, 2.45) is 0 Å². The maximum absolute atomic E-state index is 11.1. The Balaban J connectivity index is 2.56. The zero-order valence-corrected chi connectivity index (χ0v) is 9.87. The number of aliphatic hydroxyl groups is 3. The summed E-state index contributed by atoms with van der Waals surface area (Å²) >= 11 is 0. The van der Waals surface area contributed by atoms with E-state index in [9.17, 15) is 20.1 Å². The van der Waals surface area contributed by atoms with Crippen LogP contribution in [-0.4, -0.2) is 65.6 Å². The first-order valence-electron chi connectivity index (χ1n) is 5.50. The second-order valence-corrected chi connectivity index (χ2v) is 3.91. The average Bonchev–Trinajstić information content (AvgIpc) is 2.34. The number of amides is 1. The van der Waals surface area contributed by atoms with Crippen molar-refractivity contribution in [3.8, 4) is 0 Å². The van der Waals surface area contributed by atoms with Crippen LogP contribution in [-0.2, 0) is 14.3 Å². The summed E-state index contributed by atoms with van der Waals surface area (Å²) in [5, 5.41) is 31.3. The summed E-state index contributed by atoms with van der Waals surface area (Å²) in [7, 11) is 1.32. The first-order chi connectivity index (χ1) is 8.01. The summed E-state index contributed by atoms with van der Waals surface area (Å²) in [5.41, 5.74) is 0. The lowest BCUT2D eigenvalue weighted by molar-refractivity contribution is -0.288. The van der Waals surface area contributed by atoms with E-state index in [4.69, 9.17) is 9.47 Å². The molecule has 0 spiro atoms. The fourth-order valence-corrected chi connectivity index (χ4v) is 1.62. The number of ether oxygens (including phenoxy) is 2. The van der Waals surface area contributed by atoms with E-state index in [1.165, 1.54) is 7.11 Å². The van der Waals surface area contributed by atoms with Crippen LogP contribution in [0.1, 0.15) is 13.3 Å². The molecule has 1 aliphatic heterocycles. The van der Waals surface area contributed by atoms with Crippen LogP contribution in [0.5, 0.6) is 0 Å². The zero-order chi connectivity index (χ0) is 13.0. The number of hydrogen-bond acceptors (Lipinski definition) is 6. The molecular weight excluding hydrogens is 230 g/mol. The van der Waals surface area contributed by atoms with E-state index in [2.05, 4.69) is 5.32 Å². The molecule has 0 aliphatic carbocycles. The maximum Gasteiger partial charge on any atom is 0.219 e. The largest absolute Gasteiger partial charge is 0.388 e. The average molecular weight is 249 g/mol. The Morgan fingerprint density at radius 2 is 1.94 bits per heavy atom. The monoisotopic (exact) mass is 249 g/mol. The number of methoxy groups -OCH3 is 1. The van der Waals surface area contributed by atoms with Crippen LogP contribution in [0.3, 0.4) is 0 Å². The highest BCUT2D eigenvalue weighted by Gasteiger charge is 2.43. The molecule has 1 rings (SSSR count). The van der Waals surface area contributed by atoms with Crippen LogP contribution >= 0.6 is 0 Å². The lowest BCUT2D eigenvalue weighted by atomic mass is 9.99. The van der Waals surface area contributed by atoms with Gasteiger partial charge in [-0.3, -0.25) is 4.79 Å². The van der Waals surface area contributed by atoms with Crippen molar-refractivity contribution >= 4 is 5.91 Å². The van der Waals surface area contributed by atoms with Gasteiger partial charge in [0.1, 0.15) is 24.4 Å². The first-order valence-corrected chi connectivity index (χ1v) is 5.50. The summed E-state index contributed by atoms with van der Waals surface area (Å²) < 4.78 is 10.1. The molecule has 0 aromatic heterocycles. The van der Waals surface area contributed by atoms with Gasteiger partial charge < -0.3 is 30.1 Å². The fourth-order valence-electron chi connectivity index (χ4n) is 1.62. The third kappa shape index (κ3) is 3.36. The zero-order valence-electron chi connectivity index (χ0n) is 9.87. The van der Waals surface area contributed by atoms with E-state index in [1.807, 2.05) is 0 Å². The lowest BCUT2D eigenvalue weighted by Crippen LogP contribution is -2.60. The predicted molar refractivity (Wildman–Crippen MR) is 57.0 cm³/mol. The van der Waals surface area contributed by atoms with Crippen LogP contribution in [0.15, 0.2) is 0 Å². The molecule has 7 heteroatoms. The normalized spacial score (nSPS) is 37.8. The predicted octanol–water partition coefficient (Wildman–Crippen LogP) is -2.03. The van der Waals surface area contributed by atoms with Gasteiger partial charge in [0.05, 0.1) is 0 Å². The number of rotatable bonds is 4. The van der Waals surface area contributed by atoms with Gasteiger partial charge in [0.2, 0.25) is 5.91 Å². The molecule has 5 atom stereocenters. The SMILES string of the molecule is CCC(=O)NC[C@H]1O[C@H](OC)[C@@H](O)[C@@H](O)[C@@H]1O. The van der Waals surface area contributed by atoms with Gasteiger partial charge in [0.25, 0.3) is 0 Å². The van der Waals surface area contributed by atoms with Crippen LogP contribution in [0.25, 0.3) is 0 Å². The number of carbonyl (C=O) groups excluding carboxylic acids is 1. The third-order valence-electron chi connectivity index (χ3n) is 2.72. The smallest absolute Gasteiger partial charge is 0.219 e. The van der Waals surface area contributed by atoms with E-state index >= 15 is 0 Å². The standard InChI is InChI=1S/C10H19NO6/c1-3-6(12)11-4-5-7(13)8(14)9(15)10(16-2)17-5/h5,7-10,13-15H,3-4H2,1-2H3,(H,11,12)/t5-,7-,8+,9+,10+/m1/s1. The molecule has 17 heavy (non-hydrogen) atoms. The van der Waals surface area contributed by atoms with Gasteiger partial charge in [-0.15, -0.1) is 0 Å². The Kier molecular flexibility index (Phi) is 5.29. The highest BCUT2D eigenvalue weighted by molar-refractivity contribution is 5.75. The number of carbonyl (C=O) groups is 1. The molecule has 100 valence electrons. The summed E-state index contributed by atoms with van der Waals surface area (Å²) in [5.74, 6) is -0.185. The third-order valence-corrected chi connectivity index (χ3v) is 2.72. The van der Waals surface area contributed by atoms with E-state index in [1.54, 1.807) is 6.92 Å². The van der Waals surface area contributed by atoms with Crippen molar-refractivity contribution in [3.05, 3.63) is 0 Å². The molecule has 7 nitrogen and oxygen atoms in total. The molecule has 4 N–H and O–H groups in total. The van der Waals surface area contributed by atoms with Gasteiger partial charge in [-0.25, -0.2) is 0 Å². The fraction of sp³-hybridized carbons (Fsp3) is 0.900. The first kappa shape index (κ1) is 14.3. The molecule has 1 aliphatic rings. The lowest BCUT2D eigenvalue weighted by Gasteiger charge is -2.39. The second kappa shape index (κ2) is 6.27. The molecule has 1 saturated heterocycles. The molecule has 0 bridgehead atoms. The van der Waals surface area contributed by atoms with Crippen molar-refractivity contribution in [1.29, 1.82) is 0 Å². The number of hydrogen-bond donors (Lipinski definition) is 4. The van der Waals surface area contributed by atoms with E-state index in [0.29, 0.717) is 6.42 Å². The molecule has 0 unspecified atom stereocenters. The van der Waals surface area contributed by atoms with Gasteiger partial charge in [-0.05, 0) is 0 Å². The topological polar surface area (TPSA) is 108 Å². The summed E-state index contributed by atoms with van der Waals surface area (Å²) in [4.78, 5) is 11.1. The molecular formula is C10H19NO6. The van der Waals surface area contributed by atoms with E-state index < -0.39 is 30.7 Å². The Bertz CT molecular complexity index is 259. The minimum Gasteiger partial charge on any atom is -0.388 e. The van der Waals surface area contributed by atoms with Crippen molar-refractivity contribution in [3.63, 3.8) is 0 Å². The van der Waals surface area contributed by atoms with Crippen molar-refractivity contribution in [2.75, 3.05) is 13.7 Å². The molecule has 1 heterocycles. The summed E-state index contributed by atoms with van der Waals surface area (Å²) in [6.45, 7) is 1.75. The summed E-state index contributed by atoms with van der Waals surface area (Å²) in [6.07, 6.45) is -5.45. The number of nitrogens with one attached hydrogen (secondary N) is 1. The quantitative estimate of drug-likeness (QED) is 0.457. The van der Waals surface area contributed by atoms with Crippen LogP contribution in [0, 0.1) is 0 Å². The van der Waals surface area contributed by atoms with Crippen molar-refractivity contribution in [2.45, 2.75) is 44.1 Å². The minimum absolute atomic E-state index is 0.0531. The van der Waals surface area contributed by atoms with E-state index in [-0.39, 0.29) is 12.5 Å². The highest BCUT2D eigenvalue weighted by Crippen LogP contribution is 2.21. The molecule has 0 radical (unpaired) electrons. The van der Waals surface area contributed by atoms with Gasteiger partial charge in [-0.2, -0.15) is 0 Å². The van der Waals surface area contributed by atoms with Crippen LogP contribution in [0.4, 0.5) is 0 Å². The molecule has 1 fully saturated rings. The second-order valence-electron chi connectivity index (χ2n) is 3.91. The Morgan fingerprint density at radius 1 is 1.29 bits per heavy atom. The van der Waals surface area contributed by atoms with E-state index in [0.717, 1.165) is 0 Å². The molecule has 1 amide bonds. The van der Waals surface area contributed by atoms with Crippen LogP contribution < -0.4 is 5.32 Å². The van der Waals surface area contributed by atoms with Crippen molar-refractivity contribution in [1.82, 2.24) is 5.32 Å². The highest BCUT2D eigenvalue weighted by atomic mass is 16.7. The molecule has 0 aromatic carbocycles. The molecule has 0 saturated carbocycles. The maximum atomic E-state index is 11.1. The number of aliphatic hydroxyl groups excluding tert-OH is 3. The van der Waals surface area contributed by atoms with Crippen molar-refractivity contribution < 1.29 is 29.6 Å².